The van der Waals surface area contributed by atoms with Crippen LogP contribution in [0.5, 0.6) is 0 Å². The zero-order valence-corrected chi connectivity index (χ0v) is 13.7. The first-order chi connectivity index (χ1) is 9.70. The van der Waals surface area contributed by atoms with E-state index in [0.29, 0.717) is 6.54 Å². The molecule has 1 aromatic carbocycles. The predicted molar refractivity (Wildman–Crippen MR) is 85.0 cm³/mol. The molecule has 2 atom stereocenters. The summed E-state index contributed by atoms with van der Waals surface area (Å²) in [7, 11) is 0. The Morgan fingerprint density at radius 2 is 2.14 bits per heavy atom. The molecule has 1 unspecified atom stereocenters. The van der Waals surface area contributed by atoms with Gasteiger partial charge in [-0.3, -0.25) is 4.90 Å². The molecule has 0 aliphatic carbocycles. The Morgan fingerprint density at radius 3 is 2.71 bits per heavy atom. The Morgan fingerprint density at radius 1 is 1.48 bits per heavy atom. The number of hydrogen-bond donors (Lipinski definition) is 2. The number of anilines is 1. The van der Waals surface area contributed by atoms with Crippen molar-refractivity contribution in [2.75, 3.05) is 11.4 Å². The van der Waals surface area contributed by atoms with Gasteiger partial charge in [0.2, 0.25) is 0 Å². The van der Waals surface area contributed by atoms with E-state index < -0.39 is 17.5 Å². The smallest absolute Gasteiger partial charge is 0.411 e. The third-order valence-corrected chi connectivity index (χ3v) is 5.25. The summed E-state index contributed by atoms with van der Waals surface area (Å²) in [6.07, 6.45) is -0.189. The summed E-state index contributed by atoms with van der Waals surface area (Å²) >= 11 is -1.14. The number of nitrogens with one attached hydrogen (secondary N) is 1. The lowest BCUT2D eigenvalue weighted by Crippen LogP contribution is -2.40. The first kappa shape index (κ1) is 16.1. The van der Waals surface area contributed by atoms with Crippen molar-refractivity contribution in [1.29, 1.82) is 0 Å². The molecule has 0 spiro atoms. The van der Waals surface area contributed by atoms with E-state index in [1.807, 2.05) is 45.9 Å². The highest BCUT2D eigenvalue weighted by molar-refractivity contribution is 7.90. The molecule has 2 rings (SSSR count). The molecule has 21 heavy (non-hydrogen) atoms. The number of benzene rings is 1. The van der Waals surface area contributed by atoms with Crippen molar-refractivity contribution < 1.29 is 14.5 Å². The standard InChI is InChI=1S/C15H22N2O3S/c1-10(16-21(20)15(2,3)4)11-5-6-13-12(9-11)7-8-17(13)14(18)19/h5-6,9-10,16H,7-8H2,1-4H3,(H,18,19)/t10?,21-/m1/s1. The molecule has 1 aromatic rings. The first-order valence-electron chi connectivity index (χ1n) is 7.01. The lowest BCUT2D eigenvalue weighted by Gasteiger charge is -2.26. The number of hydrogen-bond acceptors (Lipinski definition) is 3. The van der Waals surface area contributed by atoms with E-state index in [1.165, 1.54) is 4.90 Å². The zero-order valence-electron chi connectivity index (χ0n) is 12.8. The lowest BCUT2D eigenvalue weighted by molar-refractivity contribution is 0.202. The molecule has 0 saturated heterocycles. The van der Waals surface area contributed by atoms with E-state index in [0.717, 1.165) is 23.2 Å². The fourth-order valence-electron chi connectivity index (χ4n) is 2.30. The molecule has 1 aliphatic heterocycles. The van der Waals surface area contributed by atoms with Crippen LogP contribution in [0.15, 0.2) is 18.2 Å². The Kier molecular flexibility index (Phi) is 4.51. The maximum atomic E-state index is 12.1. The lowest BCUT2D eigenvalue weighted by atomic mass is 10.0. The van der Waals surface area contributed by atoms with Crippen molar-refractivity contribution >= 4 is 23.1 Å². The van der Waals surface area contributed by atoms with Gasteiger partial charge >= 0.3 is 6.09 Å². The maximum absolute atomic E-state index is 12.1. The monoisotopic (exact) mass is 310 g/mol. The molecule has 1 aliphatic rings. The number of amides is 1. The zero-order chi connectivity index (χ0) is 15.8. The van der Waals surface area contributed by atoms with Crippen LogP contribution >= 0.6 is 0 Å². The van der Waals surface area contributed by atoms with Crippen molar-refractivity contribution in [3.8, 4) is 0 Å². The molecule has 6 heteroatoms. The number of carboxylic acid groups (broad SMARTS) is 1. The van der Waals surface area contributed by atoms with Crippen LogP contribution in [0.3, 0.4) is 0 Å². The molecular weight excluding hydrogens is 288 g/mol. The van der Waals surface area contributed by atoms with Gasteiger partial charge in [-0.15, -0.1) is 4.72 Å². The van der Waals surface area contributed by atoms with Gasteiger partial charge < -0.3 is 9.66 Å². The van der Waals surface area contributed by atoms with Crippen molar-refractivity contribution in [3.63, 3.8) is 0 Å². The summed E-state index contributed by atoms with van der Waals surface area (Å²) in [5.41, 5.74) is 2.82. The maximum Gasteiger partial charge on any atom is 0.411 e. The predicted octanol–water partition coefficient (Wildman–Crippen LogP) is 2.84. The second-order valence-corrected chi connectivity index (χ2v) is 8.29. The van der Waals surface area contributed by atoms with Gasteiger partial charge in [-0.05, 0) is 51.3 Å². The largest absolute Gasteiger partial charge is 0.598 e. The average Bonchev–Trinajstić information content (AvgIpc) is 2.80. The van der Waals surface area contributed by atoms with Crippen LogP contribution < -0.4 is 9.62 Å². The number of fused-ring (bicyclic) bond motifs is 1. The number of rotatable bonds is 3. The van der Waals surface area contributed by atoms with Gasteiger partial charge in [0.05, 0.1) is 11.7 Å². The molecular formula is C15H22N2O3S. The topological polar surface area (TPSA) is 75.6 Å². The summed E-state index contributed by atoms with van der Waals surface area (Å²) in [4.78, 5) is 12.5. The molecule has 0 aromatic heterocycles. The van der Waals surface area contributed by atoms with Crippen molar-refractivity contribution in [2.24, 2.45) is 0 Å². The van der Waals surface area contributed by atoms with E-state index in [4.69, 9.17) is 5.11 Å². The van der Waals surface area contributed by atoms with Crippen molar-refractivity contribution in [2.45, 2.75) is 44.9 Å². The van der Waals surface area contributed by atoms with Crippen LogP contribution in [0, 0.1) is 0 Å². The average molecular weight is 310 g/mol. The fraction of sp³-hybridized carbons (Fsp3) is 0.533. The third-order valence-electron chi connectivity index (χ3n) is 3.57. The minimum atomic E-state index is -1.14. The van der Waals surface area contributed by atoms with Crippen molar-refractivity contribution in [1.82, 2.24) is 4.72 Å². The molecule has 2 N–H and O–H groups in total. The van der Waals surface area contributed by atoms with Gasteiger partial charge in [0.15, 0.2) is 0 Å². The van der Waals surface area contributed by atoms with Crippen molar-refractivity contribution in [3.05, 3.63) is 29.3 Å². The van der Waals surface area contributed by atoms with E-state index in [2.05, 4.69) is 4.72 Å². The normalized spacial score (nSPS) is 17.5. The number of nitrogens with zero attached hydrogens (tertiary/aromatic N) is 1. The quantitative estimate of drug-likeness (QED) is 0.842. The van der Waals surface area contributed by atoms with Crippen LogP contribution in [0.1, 0.15) is 44.9 Å². The second-order valence-electron chi connectivity index (χ2n) is 6.29. The van der Waals surface area contributed by atoms with Gasteiger partial charge in [0.1, 0.15) is 4.75 Å². The molecule has 1 amide bonds. The minimum absolute atomic E-state index is 0.0470. The third kappa shape index (κ3) is 3.51. The van der Waals surface area contributed by atoms with Gasteiger partial charge in [-0.2, -0.15) is 0 Å². The fourth-order valence-corrected chi connectivity index (χ4v) is 3.11. The minimum Gasteiger partial charge on any atom is -0.598 e. The summed E-state index contributed by atoms with van der Waals surface area (Å²) in [6.45, 7) is 8.25. The summed E-state index contributed by atoms with van der Waals surface area (Å²) in [5, 5.41) is 9.12. The highest BCUT2D eigenvalue weighted by Crippen LogP contribution is 2.31. The Balaban J connectivity index is 2.14. The van der Waals surface area contributed by atoms with Gasteiger partial charge in [0.25, 0.3) is 0 Å². The van der Waals surface area contributed by atoms with E-state index in [9.17, 15) is 9.35 Å². The van der Waals surface area contributed by atoms with Crippen LogP contribution in [-0.2, 0) is 17.8 Å². The molecule has 0 saturated carbocycles. The summed E-state index contributed by atoms with van der Waals surface area (Å²) in [5.74, 6) is 0. The Labute approximate surface area is 128 Å². The van der Waals surface area contributed by atoms with E-state index in [1.54, 1.807) is 0 Å². The second kappa shape index (κ2) is 5.87. The molecule has 5 nitrogen and oxygen atoms in total. The molecule has 0 bridgehead atoms. The molecule has 0 fully saturated rings. The molecule has 116 valence electrons. The Bertz CT molecular complexity index is 542. The van der Waals surface area contributed by atoms with E-state index in [-0.39, 0.29) is 10.8 Å². The van der Waals surface area contributed by atoms with Crippen LogP contribution in [0.2, 0.25) is 0 Å². The molecule has 1 heterocycles. The highest BCUT2D eigenvalue weighted by atomic mass is 32.2. The first-order valence-corrected chi connectivity index (χ1v) is 8.16. The van der Waals surface area contributed by atoms with Gasteiger partial charge in [-0.1, -0.05) is 12.1 Å². The van der Waals surface area contributed by atoms with Gasteiger partial charge in [-0.25, -0.2) is 4.79 Å². The van der Waals surface area contributed by atoms with Crippen LogP contribution in [0.25, 0.3) is 0 Å². The Hall–Kier alpha value is -1.24. The van der Waals surface area contributed by atoms with Crippen LogP contribution in [-0.4, -0.2) is 27.0 Å². The SMILES string of the molecule is CC(N[S@+]([O-])C(C)(C)C)c1ccc2c(c1)CCN2C(=O)O. The van der Waals surface area contributed by atoms with Gasteiger partial charge in [0, 0.05) is 17.9 Å². The van der Waals surface area contributed by atoms with E-state index >= 15 is 0 Å². The number of carbonyl (C=O) groups is 1. The molecule has 0 radical (unpaired) electrons. The highest BCUT2D eigenvalue weighted by Gasteiger charge is 2.29. The summed E-state index contributed by atoms with van der Waals surface area (Å²) < 4.78 is 14.9. The van der Waals surface area contributed by atoms with Crippen LogP contribution in [0.4, 0.5) is 10.5 Å². The summed E-state index contributed by atoms with van der Waals surface area (Å²) in [6, 6.07) is 5.70.